The summed E-state index contributed by atoms with van der Waals surface area (Å²) in [6.45, 7) is 6.68. The lowest BCUT2D eigenvalue weighted by atomic mass is 9.98. The van der Waals surface area contributed by atoms with Crippen molar-refractivity contribution in [2.45, 2.75) is 46.6 Å². The van der Waals surface area contributed by atoms with Crippen LogP contribution in [0.1, 0.15) is 65.1 Å². The molecular formula is C25H28N2O4. The SMILES string of the molecule is CCCc1nc(CC)c(C(=O)OCC)n1Cc1ccc(-c2ccccc2C(=O)O)cc1. The molecule has 0 amide bonds. The van der Waals surface area contributed by atoms with Crippen LogP contribution in [0.2, 0.25) is 0 Å². The molecule has 0 atom stereocenters. The Morgan fingerprint density at radius 1 is 1.03 bits per heavy atom. The molecule has 2 aromatic carbocycles. The van der Waals surface area contributed by atoms with E-state index in [1.165, 1.54) is 0 Å². The number of ether oxygens (including phenoxy) is 1. The molecule has 3 aromatic rings. The molecule has 0 spiro atoms. The highest BCUT2D eigenvalue weighted by molar-refractivity contribution is 5.96. The zero-order chi connectivity index (χ0) is 22.4. The van der Waals surface area contributed by atoms with Crippen molar-refractivity contribution in [2.75, 3.05) is 6.61 Å². The molecular weight excluding hydrogens is 392 g/mol. The van der Waals surface area contributed by atoms with Crippen molar-refractivity contribution < 1.29 is 19.4 Å². The lowest BCUT2D eigenvalue weighted by Crippen LogP contribution is -2.16. The summed E-state index contributed by atoms with van der Waals surface area (Å²) in [7, 11) is 0. The summed E-state index contributed by atoms with van der Waals surface area (Å²) in [4.78, 5) is 28.9. The molecule has 0 saturated carbocycles. The first kappa shape index (κ1) is 22.3. The van der Waals surface area contributed by atoms with E-state index in [2.05, 4.69) is 6.92 Å². The zero-order valence-corrected chi connectivity index (χ0v) is 18.2. The Hall–Kier alpha value is -3.41. The van der Waals surface area contributed by atoms with E-state index < -0.39 is 5.97 Å². The Morgan fingerprint density at radius 3 is 2.35 bits per heavy atom. The number of nitrogens with zero attached hydrogens (tertiary/aromatic N) is 2. The third-order valence-corrected chi connectivity index (χ3v) is 5.16. The van der Waals surface area contributed by atoms with Crippen molar-refractivity contribution in [3.05, 3.63) is 76.9 Å². The van der Waals surface area contributed by atoms with Crippen molar-refractivity contribution >= 4 is 11.9 Å². The first-order valence-electron chi connectivity index (χ1n) is 10.7. The van der Waals surface area contributed by atoms with E-state index in [4.69, 9.17) is 9.72 Å². The lowest BCUT2D eigenvalue weighted by Gasteiger charge is -2.13. The molecule has 6 heteroatoms. The third-order valence-electron chi connectivity index (χ3n) is 5.16. The number of hydrogen-bond donors (Lipinski definition) is 1. The Bertz CT molecular complexity index is 1070. The number of carboxylic acid groups (broad SMARTS) is 1. The summed E-state index contributed by atoms with van der Waals surface area (Å²) in [5.41, 5.74) is 4.06. The lowest BCUT2D eigenvalue weighted by molar-refractivity contribution is 0.0512. The van der Waals surface area contributed by atoms with E-state index in [-0.39, 0.29) is 11.5 Å². The van der Waals surface area contributed by atoms with Gasteiger partial charge < -0.3 is 14.4 Å². The van der Waals surface area contributed by atoms with Gasteiger partial charge in [-0.05, 0) is 42.5 Å². The second-order valence-electron chi connectivity index (χ2n) is 7.28. The quantitative estimate of drug-likeness (QED) is 0.493. The highest BCUT2D eigenvalue weighted by Gasteiger charge is 2.23. The van der Waals surface area contributed by atoms with Gasteiger partial charge in [-0.15, -0.1) is 0 Å². The maximum atomic E-state index is 12.7. The fourth-order valence-corrected chi connectivity index (χ4v) is 3.71. The number of hydrogen-bond acceptors (Lipinski definition) is 4. The molecule has 0 aliphatic rings. The van der Waals surface area contributed by atoms with Crippen LogP contribution in [0.15, 0.2) is 48.5 Å². The number of carbonyl (C=O) groups excluding carboxylic acids is 1. The van der Waals surface area contributed by atoms with Crippen LogP contribution < -0.4 is 0 Å². The molecule has 0 aliphatic carbocycles. The maximum absolute atomic E-state index is 12.7. The molecule has 31 heavy (non-hydrogen) atoms. The van der Waals surface area contributed by atoms with Gasteiger partial charge in [0.15, 0.2) is 5.69 Å². The summed E-state index contributed by atoms with van der Waals surface area (Å²) in [6, 6.07) is 14.7. The monoisotopic (exact) mass is 420 g/mol. The number of benzene rings is 2. The van der Waals surface area contributed by atoms with Crippen molar-refractivity contribution in [3.8, 4) is 11.1 Å². The second-order valence-corrected chi connectivity index (χ2v) is 7.28. The van der Waals surface area contributed by atoms with Gasteiger partial charge >= 0.3 is 11.9 Å². The fourth-order valence-electron chi connectivity index (χ4n) is 3.71. The molecule has 0 saturated heterocycles. The third kappa shape index (κ3) is 4.85. The topological polar surface area (TPSA) is 81.4 Å². The second kappa shape index (κ2) is 10.1. The number of imidazole rings is 1. The smallest absolute Gasteiger partial charge is 0.356 e. The molecule has 0 radical (unpaired) electrons. The molecule has 1 aromatic heterocycles. The Morgan fingerprint density at radius 2 is 1.74 bits per heavy atom. The van der Waals surface area contributed by atoms with Gasteiger partial charge in [-0.3, -0.25) is 0 Å². The molecule has 1 heterocycles. The molecule has 0 unspecified atom stereocenters. The summed E-state index contributed by atoms with van der Waals surface area (Å²) in [6.07, 6.45) is 2.35. The van der Waals surface area contributed by atoms with Crippen molar-refractivity contribution in [3.63, 3.8) is 0 Å². The summed E-state index contributed by atoms with van der Waals surface area (Å²) >= 11 is 0. The van der Waals surface area contributed by atoms with E-state index in [0.717, 1.165) is 35.5 Å². The predicted molar refractivity (Wildman–Crippen MR) is 119 cm³/mol. The van der Waals surface area contributed by atoms with Crippen LogP contribution in [0.3, 0.4) is 0 Å². The van der Waals surface area contributed by atoms with E-state index in [1.807, 2.05) is 41.8 Å². The minimum Gasteiger partial charge on any atom is -0.478 e. The average molecular weight is 421 g/mol. The highest BCUT2D eigenvalue weighted by atomic mass is 16.5. The van der Waals surface area contributed by atoms with E-state index in [0.29, 0.717) is 30.8 Å². The van der Waals surface area contributed by atoms with Crippen LogP contribution in [0.25, 0.3) is 11.1 Å². The molecule has 162 valence electrons. The minimum atomic E-state index is -0.950. The largest absolute Gasteiger partial charge is 0.478 e. The summed E-state index contributed by atoms with van der Waals surface area (Å²) in [5.74, 6) is -0.419. The van der Waals surface area contributed by atoms with E-state index >= 15 is 0 Å². The van der Waals surface area contributed by atoms with Gasteiger partial charge in [0.2, 0.25) is 0 Å². The van der Waals surface area contributed by atoms with Crippen LogP contribution in [0.5, 0.6) is 0 Å². The van der Waals surface area contributed by atoms with Gasteiger partial charge in [0.25, 0.3) is 0 Å². The zero-order valence-electron chi connectivity index (χ0n) is 18.2. The number of carboxylic acids is 1. The van der Waals surface area contributed by atoms with Crippen LogP contribution in [0.4, 0.5) is 0 Å². The Labute approximate surface area is 182 Å². The minimum absolute atomic E-state index is 0.271. The van der Waals surface area contributed by atoms with Crippen LogP contribution in [-0.4, -0.2) is 33.2 Å². The first-order valence-corrected chi connectivity index (χ1v) is 10.7. The molecule has 0 bridgehead atoms. The summed E-state index contributed by atoms with van der Waals surface area (Å²) < 4.78 is 7.26. The number of rotatable bonds is 9. The first-order chi connectivity index (χ1) is 15.0. The van der Waals surface area contributed by atoms with Gasteiger partial charge in [0.1, 0.15) is 5.82 Å². The normalized spacial score (nSPS) is 10.8. The van der Waals surface area contributed by atoms with E-state index in [9.17, 15) is 14.7 Å². The summed E-state index contributed by atoms with van der Waals surface area (Å²) in [5, 5.41) is 9.46. The fraction of sp³-hybridized carbons (Fsp3) is 0.320. The highest BCUT2D eigenvalue weighted by Crippen LogP contribution is 2.25. The van der Waals surface area contributed by atoms with Gasteiger partial charge in [-0.2, -0.15) is 0 Å². The Balaban J connectivity index is 1.97. The average Bonchev–Trinajstić information content (AvgIpc) is 3.12. The van der Waals surface area contributed by atoms with Crippen LogP contribution >= 0.6 is 0 Å². The molecule has 1 N–H and O–H groups in total. The molecule has 0 aliphatic heterocycles. The van der Waals surface area contributed by atoms with Gasteiger partial charge in [0, 0.05) is 13.0 Å². The number of aromatic nitrogens is 2. The standard InChI is InChI=1S/C25H28N2O4/c1-4-9-22-26-21(5-2)23(25(30)31-6-3)27(22)16-17-12-14-18(15-13-17)19-10-7-8-11-20(19)24(28)29/h7-8,10-15H,4-6,9,16H2,1-3H3,(H,28,29). The van der Waals surface area contributed by atoms with Gasteiger partial charge in [-0.25, -0.2) is 14.6 Å². The number of carbonyl (C=O) groups is 2. The van der Waals surface area contributed by atoms with Crippen molar-refractivity contribution in [1.29, 1.82) is 0 Å². The number of aromatic carboxylic acids is 1. The van der Waals surface area contributed by atoms with Crippen LogP contribution in [0, 0.1) is 0 Å². The van der Waals surface area contributed by atoms with Crippen LogP contribution in [-0.2, 0) is 24.1 Å². The van der Waals surface area contributed by atoms with E-state index in [1.54, 1.807) is 25.1 Å². The number of esters is 1. The molecule has 0 fully saturated rings. The molecule has 6 nitrogen and oxygen atoms in total. The van der Waals surface area contributed by atoms with Gasteiger partial charge in [-0.1, -0.05) is 56.3 Å². The van der Waals surface area contributed by atoms with Crippen molar-refractivity contribution in [2.24, 2.45) is 0 Å². The predicted octanol–water partition coefficient (Wildman–Crippen LogP) is 4.99. The Kier molecular flexibility index (Phi) is 7.23. The number of aryl methyl sites for hydroxylation is 2. The van der Waals surface area contributed by atoms with Crippen molar-refractivity contribution in [1.82, 2.24) is 9.55 Å². The molecule has 3 rings (SSSR count). The maximum Gasteiger partial charge on any atom is 0.356 e. The van der Waals surface area contributed by atoms with Gasteiger partial charge in [0.05, 0.1) is 17.9 Å².